The normalized spacial score (nSPS) is 19.2. The third-order valence-corrected chi connectivity index (χ3v) is 7.65. The van der Waals surface area contributed by atoms with E-state index in [4.69, 9.17) is 20.8 Å². The summed E-state index contributed by atoms with van der Waals surface area (Å²) in [7, 11) is -1.61. The van der Waals surface area contributed by atoms with E-state index in [0.29, 0.717) is 29.1 Å². The molecular formula is C20H19ClF3N5O3Si. The zero-order valence-corrected chi connectivity index (χ0v) is 19.0. The van der Waals surface area contributed by atoms with Crippen molar-refractivity contribution in [1.82, 2.24) is 25.5 Å². The second kappa shape index (κ2) is 9.89. The second-order valence-electron chi connectivity index (χ2n) is 7.43. The van der Waals surface area contributed by atoms with Crippen molar-refractivity contribution >= 4 is 37.4 Å². The Kier molecular flexibility index (Phi) is 6.96. The summed E-state index contributed by atoms with van der Waals surface area (Å²) >= 11 is 5.97. The lowest BCUT2D eigenvalue weighted by Crippen LogP contribution is -2.50. The SMILES string of the molecule is O=C(N[Si@H]1CC[C@H](c2nnc(OC/C=C/C(F)(F)F)o2)NC1)c1cnc2cc(Cl)ccc2c1. The fraction of sp³-hybridized carbons (Fsp3) is 0.300. The lowest BCUT2D eigenvalue weighted by atomic mass is 10.1. The Bertz CT molecular complexity index is 1170. The van der Waals surface area contributed by atoms with E-state index in [1.165, 1.54) is 6.20 Å². The first-order chi connectivity index (χ1) is 15.8. The van der Waals surface area contributed by atoms with E-state index >= 15 is 0 Å². The Hall–Kier alpha value is -2.96. The fourth-order valence-electron chi connectivity index (χ4n) is 3.40. The number of amides is 1. The number of fused-ring (bicyclic) bond motifs is 1. The highest BCUT2D eigenvalue weighted by atomic mass is 35.5. The first-order valence-corrected chi connectivity index (χ1v) is 12.7. The van der Waals surface area contributed by atoms with Crippen molar-refractivity contribution in [2.24, 2.45) is 0 Å². The van der Waals surface area contributed by atoms with Crippen LogP contribution >= 0.6 is 11.6 Å². The number of halogens is 4. The Morgan fingerprint density at radius 1 is 1.36 bits per heavy atom. The molecule has 3 aromatic rings. The summed E-state index contributed by atoms with van der Waals surface area (Å²) in [5, 5.41) is 12.3. The molecule has 1 fully saturated rings. The lowest BCUT2D eigenvalue weighted by molar-refractivity contribution is -0.0802. The number of carbonyl (C=O) groups is 1. The molecule has 1 aliphatic rings. The lowest BCUT2D eigenvalue weighted by Gasteiger charge is -2.27. The van der Waals surface area contributed by atoms with Gasteiger partial charge in [0, 0.05) is 28.8 Å². The Balaban J connectivity index is 1.27. The first kappa shape index (κ1) is 23.2. The molecule has 0 unspecified atom stereocenters. The van der Waals surface area contributed by atoms with E-state index in [0.717, 1.165) is 23.0 Å². The molecule has 0 aliphatic carbocycles. The Labute approximate surface area is 192 Å². The highest BCUT2D eigenvalue weighted by Gasteiger charge is 2.28. The average Bonchev–Trinajstić information content (AvgIpc) is 3.25. The van der Waals surface area contributed by atoms with Crippen LogP contribution in [-0.2, 0) is 0 Å². The molecule has 0 bridgehead atoms. The molecule has 174 valence electrons. The van der Waals surface area contributed by atoms with Crippen LogP contribution in [-0.4, -0.2) is 49.0 Å². The number of hydrogen-bond acceptors (Lipinski definition) is 7. The van der Waals surface area contributed by atoms with Gasteiger partial charge in [-0.2, -0.15) is 13.2 Å². The molecule has 1 aliphatic heterocycles. The molecule has 1 aromatic carbocycles. The number of aromatic nitrogens is 3. The standard InChI is InChI=1S/C20H19ClF3N5O3Si/c21-14-3-2-12-8-13(10-25-16(12)9-14)17(30)29-33-7-4-15(26-11-33)18-27-28-19(32-18)31-6-1-5-20(22,23)24/h1-3,5,8-10,15,26,33H,4,6-7,11H2,(H,29,30)/b5-1+/t15-,33+/m1/s1. The smallest absolute Gasteiger partial charge is 0.415 e. The fourth-order valence-corrected chi connectivity index (χ4v) is 5.86. The summed E-state index contributed by atoms with van der Waals surface area (Å²) in [6, 6.07) is 7.68. The maximum atomic E-state index is 12.7. The predicted octanol–water partition coefficient (Wildman–Crippen LogP) is 3.50. The van der Waals surface area contributed by atoms with Crippen LogP contribution in [0.1, 0.15) is 28.7 Å². The van der Waals surface area contributed by atoms with Crippen LogP contribution in [0.25, 0.3) is 10.9 Å². The van der Waals surface area contributed by atoms with Crippen LogP contribution in [0.3, 0.4) is 0 Å². The van der Waals surface area contributed by atoms with Crippen molar-refractivity contribution in [3.05, 3.63) is 59.1 Å². The zero-order valence-electron chi connectivity index (χ0n) is 17.1. The van der Waals surface area contributed by atoms with Crippen molar-refractivity contribution < 1.29 is 27.1 Å². The minimum atomic E-state index is -4.40. The quantitative estimate of drug-likeness (QED) is 0.397. The summed E-state index contributed by atoms with van der Waals surface area (Å²) in [6.07, 6.45) is -0.884. The number of alkyl halides is 3. The monoisotopic (exact) mass is 497 g/mol. The molecule has 2 N–H and O–H groups in total. The number of benzene rings is 1. The van der Waals surface area contributed by atoms with Gasteiger partial charge in [-0.15, -0.1) is 5.10 Å². The molecular weight excluding hydrogens is 479 g/mol. The number of nitrogens with zero attached hydrogens (tertiary/aromatic N) is 3. The maximum Gasteiger partial charge on any atom is 0.415 e. The number of nitrogens with one attached hydrogen (secondary N) is 2. The van der Waals surface area contributed by atoms with Gasteiger partial charge in [0.05, 0.1) is 17.1 Å². The molecule has 3 heterocycles. The van der Waals surface area contributed by atoms with E-state index in [2.05, 4.69) is 25.5 Å². The molecule has 13 heteroatoms. The van der Waals surface area contributed by atoms with Crippen LogP contribution in [0.15, 0.2) is 47.0 Å². The third kappa shape index (κ3) is 6.30. The van der Waals surface area contributed by atoms with E-state index in [1.54, 1.807) is 18.2 Å². The molecule has 1 amide bonds. The molecule has 1 saturated heterocycles. The van der Waals surface area contributed by atoms with E-state index in [-0.39, 0.29) is 30.7 Å². The Morgan fingerprint density at radius 2 is 2.21 bits per heavy atom. The molecule has 2 atom stereocenters. The van der Waals surface area contributed by atoms with Gasteiger partial charge in [0.15, 0.2) is 8.96 Å². The Morgan fingerprint density at radius 3 is 2.97 bits per heavy atom. The minimum absolute atomic E-state index is 0.0790. The topological polar surface area (TPSA) is 102 Å². The highest BCUT2D eigenvalue weighted by Crippen LogP contribution is 2.24. The van der Waals surface area contributed by atoms with Gasteiger partial charge in [0.2, 0.25) is 11.8 Å². The van der Waals surface area contributed by atoms with Gasteiger partial charge in [-0.25, -0.2) is 0 Å². The van der Waals surface area contributed by atoms with Gasteiger partial charge >= 0.3 is 12.3 Å². The zero-order chi connectivity index (χ0) is 23.4. The van der Waals surface area contributed by atoms with Gasteiger partial charge in [0.1, 0.15) is 6.61 Å². The number of hydrogen-bond donors (Lipinski definition) is 2. The number of carbonyl (C=O) groups excluding carboxylic acids is 1. The first-order valence-electron chi connectivity index (χ1n) is 10.1. The predicted molar refractivity (Wildman–Crippen MR) is 117 cm³/mol. The number of pyridine rings is 1. The highest BCUT2D eigenvalue weighted by molar-refractivity contribution is 6.60. The van der Waals surface area contributed by atoms with E-state index in [9.17, 15) is 18.0 Å². The summed E-state index contributed by atoms with van der Waals surface area (Å²) in [4.78, 5) is 20.1. The largest absolute Gasteiger partial charge is 0.445 e. The molecule has 0 saturated carbocycles. The van der Waals surface area contributed by atoms with Crippen LogP contribution in [0, 0.1) is 0 Å². The van der Waals surface area contributed by atoms with Gasteiger partial charge in [-0.05, 0) is 36.7 Å². The van der Waals surface area contributed by atoms with Crippen molar-refractivity contribution in [2.75, 3.05) is 12.8 Å². The molecule has 33 heavy (non-hydrogen) atoms. The van der Waals surface area contributed by atoms with Crippen LogP contribution in [0.5, 0.6) is 6.08 Å². The van der Waals surface area contributed by atoms with E-state index < -0.39 is 15.1 Å². The van der Waals surface area contributed by atoms with Crippen molar-refractivity contribution in [1.29, 1.82) is 0 Å². The van der Waals surface area contributed by atoms with Crippen molar-refractivity contribution in [2.45, 2.75) is 24.7 Å². The maximum absolute atomic E-state index is 12.7. The molecule has 0 radical (unpaired) electrons. The summed E-state index contributed by atoms with van der Waals surface area (Å²) in [6.45, 7) is -0.336. The summed E-state index contributed by atoms with van der Waals surface area (Å²) in [5.41, 5.74) is 1.20. The second-order valence-corrected chi connectivity index (χ2v) is 10.5. The average molecular weight is 498 g/mol. The molecule has 0 spiro atoms. The van der Waals surface area contributed by atoms with Crippen molar-refractivity contribution in [3.63, 3.8) is 0 Å². The van der Waals surface area contributed by atoms with Crippen molar-refractivity contribution in [3.8, 4) is 6.08 Å². The van der Waals surface area contributed by atoms with Gasteiger partial charge in [-0.1, -0.05) is 22.8 Å². The molecule has 2 aromatic heterocycles. The van der Waals surface area contributed by atoms with Gasteiger partial charge < -0.3 is 19.5 Å². The van der Waals surface area contributed by atoms with Crippen LogP contribution < -0.4 is 15.0 Å². The number of allylic oxidation sites excluding steroid dienone is 1. The van der Waals surface area contributed by atoms with Crippen LogP contribution in [0.4, 0.5) is 13.2 Å². The summed E-state index contributed by atoms with van der Waals surface area (Å²) in [5.74, 6) is 0.123. The van der Waals surface area contributed by atoms with Crippen LogP contribution in [0.2, 0.25) is 11.1 Å². The number of ether oxygens (including phenoxy) is 1. The van der Waals surface area contributed by atoms with Gasteiger partial charge in [0.25, 0.3) is 0 Å². The molecule has 4 rings (SSSR count). The van der Waals surface area contributed by atoms with Gasteiger partial charge in [-0.3, -0.25) is 9.78 Å². The minimum Gasteiger partial charge on any atom is -0.445 e. The third-order valence-electron chi connectivity index (χ3n) is 4.99. The molecule has 8 nitrogen and oxygen atoms in total. The summed E-state index contributed by atoms with van der Waals surface area (Å²) < 4.78 is 46.6. The number of rotatable bonds is 6. The van der Waals surface area contributed by atoms with E-state index in [1.807, 2.05) is 6.07 Å².